The fraction of sp³-hybridized carbons (Fsp3) is 0.516. The van der Waals surface area contributed by atoms with Crippen molar-refractivity contribution in [1.29, 1.82) is 5.26 Å². The van der Waals surface area contributed by atoms with Crippen molar-refractivity contribution >= 4 is 23.4 Å². The van der Waals surface area contributed by atoms with Gasteiger partial charge in [-0.05, 0) is 51.8 Å². The molecule has 15 heteroatoms. The second-order valence-electron chi connectivity index (χ2n) is 12.0. The Labute approximate surface area is 262 Å². The number of hydrogen-bond donors (Lipinski definition) is 3. The number of ketones is 2. The lowest BCUT2D eigenvalue weighted by Gasteiger charge is -2.60. The van der Waals surface area contributed by atoms with Crippen molar-refractivity contribution in [3.8, 4) is 17.6 Å². The van der Waals surface area contributed by atoms with Gasteiger partial charge in [-0.25, -0.2) is 0 Å². The number of likely N-dealkylation sites (N-methyl/N-ethyl adjacent to an activating group) is 1. The number of piperazine rings is 1. The lowest BCUT2D eigenvalue weighted by atomic mass is 9.69. The number of nitriles is 1. The highest BCUT2D eigenvalue weighted by atomic mass is 19.4. The van der Waals surface area contributed by atoms with Crippen LogP contribution in [0.1, 0.15) is 43.0 Å². The van der Waals surface area contributed by atoms with E-state index in [1.165, 1.54) is 21.1 Å². The first-order valence-corrected chi connectivity index (χ1v) is 14.6. The van der Waals surface area contributed by atoms with Gasteiger partial charge in [-0.3, -0.25) is 29.0 Å². The van der Waals surface area contributed by atoms with Gasteiger partial charge in [-0.15, -0.1) is 0 Å². The van der Waals surface area contributed by atoms with E-state index >= 15 is 0 Å². The van der Waals surface area contributed by atoms with Gasteiger partial charge in [0, 0.05) is 40.9 Å². The van der Waals surface area contributed by atoms with E-state index in [1.54, 1.807) is 17.1 Å². The number of hydrogen-bond acceptors (Lipinski definition) is 10. The molecule has 1 aliphatic carbocycles. The van der Waals surface area contributed by atoms with Crippen molar-refractivity contribution in [2.45, 2.75) is 76.0 Å². The van der Waals surface area contributed by atoms with Gasteiger partial charge < -0.3 is 25.2 Å². The molecule has 0 radical (unpaired) electrons. The molecule has 2 unspecified atom stereocenters. The zero-order valence-electron chi connectivity index (χ0n) is 26.0. The minimum absolute atomic E-state index is 0.0183. The SMILES string of the molecule is COC1=C(C)C(=O)C2=C(C1=O)[C@H](CNC(=O)[C@H](C)NC(=O)C(F)(F)F)N1C(C2)C2c3c(cc(C)c(OC)c3O)C[C@@H]([C@@H]1C#N)N2C. The third-order valence-electron chi connectivity index (χ3n) is 9.53. The van der Waals surface area contributed by atoms with Crippen LogP contribution in [0.5, 0.6) is 11.5 Å². The number of benzene rings is 1. The van der Waals surface area contributed by atoms with E-state index in [4.69, 9.17) is 9.47 Å². The van der Waals surface area contributed by atoms with Crippen LogP contribution in [0.4, 0.5) is 13.2 Å². The van der Waals surface area contributed by atoms with Crippen molar-refractivity contribution in [2.75, 3.05) is 27.8 Å². The number of ether oxygens (including phenoxy) is 2. The number of nitrogens with zero attached hydrogens (tertiary/aromatic N) is 3. The van der Waals surface area contributed by atoms with E-state index in [1.807, 2.05) is 18.0 Å². The van der Waals surface area contributed by atoms with Crippen LogP contribution in [0.15, 0.2) is 28.5 Å². The predicted molar refractivity (Wildman–Crippen MR) is 154 cm³/mol. The molecule has 0 saturated carbocycles. The van der Waals surface area contributed by atoms with Crippen molar-refractivity contribution < 1.29 is 46.9 Å². The summed E-state index contributed by atoms with van der Waals surface area (Å²) in [6, 6.07) is -0.991. The Bertz CT molecular complexity index is 1650. The van der Waals surface area contributed by atoms with Gasteiger partial charge in [0.15, 0.2) is 23.0 Å². The lowest BCUT2D eigenvalue weighted by Crippen LogP contribution is -2.71. The fourth-order valence-electron chi connectivity index (χ4n) is 7.50. The largest absolute Gasteiger partial charge is 0.504 e. The van der Waals surface area contributed by atoms with E-state index < -0.39 is 65.8 Å². The standard InChI is InChI=1S/C31H34F3N5O7/c1-12-7-15-8-17-19(10-35)39-18(23(38(17)4)21(15)25(41)27(12)45-5)9-16-22(26(42)28(46-6)13(2)24(16)40)20(39)11-36-29(43)14(3)37-30(44)31(32,33)34/h7,14,17-20,23,41H,8-9,11H2,1-6H3,(H,36,43)(H,37,44)/t14-,17-,18?,19-,20-,23?/m0/s1. The average molecular weight is 646 g/mol. The quantitative estimate of drug-likeness (QED) is 0.387. The Balaban J connectivity index is 1.62. The van der Waals surface area contributed by atoms with Gasteiger partial charge in [-0.1, -0.05) is 6.07 Å². The van der Waals surface area contributed by atoms with Crippen LogP contribution >= 0.6 is 0 Å². The molecule has 4 aliphatic rings. The van der Waals surface area contributed by atoms with Crippen molar-refractivity contribution in [3.05, 3.63) is 45.2 Å². The molecule has 12 nitrogen and oxygen atoms in total. The first-order chi connectivity index (χ1) is 21.6. The van der Waals surface area contributed by atoms with Gasteiger partial charge >= 0.3 is 12.1 Å². The van der Waals surface area contributed by atoms with Crippen molar-refractivity contribution in [2.24, 2.45) is 0 Å². The summed E-state index contributed by atoms with van der Waals surface area (Å²) < 4.78 is 49.3. The summed E-state index contributed by atoms with van der Waals surface area (Å²) in [5.41, 5.74) is 2.35. The van der Waals surface area contributed by atoms with E-state index in [0.29, 0.717) is 17.5 Å². The average Bonchev–Trinajstić information content (AvgIpc) is 2.98. The highest BCUT2D eigenvalue weighted by Gasteiger charge is 2.58. The van der Waals surface area contributed by atoms with Crippen LogP contribution in [0.2, 0.25) is 0 Å². The summed E-state index contributed by atoms with van der Waals surface area (Å²) in [6.07, 6.45) is -4.84. The highest BCUT2D eigenvalue weighted by molar-refractivity contribution is 6.25. The maximum Gasteiger partial charge on any atom is 0.471 e. The van der Waals surface area contributed by atoms with E-state index in [9.17, 15) is 42.7 Å². The molecule has 1 fully saturated rings. The number of nitrogens with one attached hydrogen (secondary N) is 2. The van der Waals surface area contributed by atoms with Crippen LogP contribution < -0.4 is 15.4 Å². The van der Waals surface area contributed by atoms with E-state index in [2.05, 4.69) is 11.4 Å². The third-order valence-corrected chi connectivity index (χ3v) is 9.53. The van der Waals surface area contributed by atoms with Gasteiger partial charge in [0.2, 0.25) is 11.7 Å². The monoisotopic (exact) mass is 645 g/mol. The zero-order valence-corrected chi connectivity index (χ0v) is 26.0. The molecule has 2 bridgehead atoms. The molecule has 0 aromatic heterocycles. The second-order valence-corrected chi connectivity index (χ2v) is 12.0. The van der Waals surface area contributed by atoms with E-state index in [-0.39, 0.29) is 46.9 Å². The van der Waals surface area contributed by atoms with Crippen LogP contribution in [0, 0.1) is 18.3 Å². The van der Waals surface area contributed by atoms with Crippen LogP contribution in [-0.2, 0) is 30.3 Å². The molecule has 3 heterocycles. The second kappa shape index (κ2) is 11.7. The van der Waals surface area contributed by atoms with Crippen molar-refractivity contribution in [3.63, 3.8) is 0 Å². The number of fused-ring (bicyclic) bond motifs is 6. The summed E-state index contributed by atoms with van der Waals surface area (Å²) in [4.78, 5) is 55.8. The Morgan fingerprint density at radius 2 is 1.83 bits per heavy atom. The molecule has 246 valence electrons. The smallest absolute Gasteiger partial charge is 0.471 e. The molecular weight excluding hydrogens is 611 g/mol. The molecule has 1 aromatic rings. The molecule has 1 saturated heterocycles. The van der Waals surface area contributed by atoms with Gasteiger partial charge in [-0.2, -0.15) is 18.4 Å². The summed E-state index contributed by atoms with van der Waals surface area (Å²) in [6.45, 7) is 3.95. The summed E-state index contributed by atoms with van der Waals surface area (Å²) in [5.74, 6) is -4.30. The molecule has 2 amide bonds. The molecule has 0 spiro atoms. The maximum absolute atomic E-state index is 13.9. The normalized spacial score (nSPS) is 26.8. The summed E-state index contributed by atoms with van der Waals surface area (Å²) in [5, 5.41) is 26.2. The first-order valence-electron chi connectivity index (χ1n) is 14.6. The summed E-state index contributed by atoms with van der Waals surface area (Å²) >= 11 is 0. The number of alkyl halides is 3. The molecule has 46 heavy (non-hydrogen) atoms. The predicted octanol–water partition coefficient (Wildman–Crippen LogP) is 1.51. The number of halogens is 3. The first kappa shape index (κ1) is 33.0. The molecule has 1 aromatic carbocycles. The number of Topliss-reactive ketones (excluding diaryl/α,β-unsaturated/α-hetero) is 2. The molecule has 3 aliphatic heterocycles. The lowest BCUT2D eigenvalue weighted by molar-refractivity contribution is -0.174. The number of allylic oxidation sites excluding steroid dienone is 2. The third kappa shape index (κ3) is 5.00. The minimum Gasteiger partial charge on any atom is -0.504 e. The number of carbonyl (C=O) groups is 4. The minimum atomic E-state index is -5.21. The number of aryl methyl sites for hydroxylation is 1. The van der Waals surface area contributed by atoms with Gasteiger partial charge in [0.25, 0.3) is 0 Å². The molecule has 3 N–H and O–H groups in total. The maximum atomic E-state index is 13.9. The number of rotatable bonds is 6. The highest BCUT2D eigenvalue weighted by Crippen LogP contribution is 2.53. The molecule has 6 atom stereocenters. The number of phenolic OH excluding ortho intramolecular Hbond substituents is 1. The topological polar surface area (TPSA) is 161 Å². The van der Waals surface area contributed by atoms with Crippen LogP contribution in [0.25, 0.3) is 0 Å². The number of carbonyl (C=O) groups excluding carboxylic acids is 4. The Morgan fingerprint density at radius 3 is 2.41 bits per heavy atom. The molecule has 5 rings (SSSR count). The number of methoxy groups -OCH3 is 2. The fourth-order valence-corrected chi connectivity index (χ4v) is 7.50. The van der Waals surface area contributed by atoms with Crippen LogP contribution in [0.3, 0.4) is 0 Å². The number of aromatic hydroxyl groups is 1. The van der Waals surface area contributed by atoms with E-state index in [0.717, 1.165) is 12.5 Å². The zero-order chi connectivity index (χ0) is 34.0. The number of phenols is 1. The Kier molecular flexibility index (Phi) is 8.41. The van der Waals surface area contributed by atoms with Crippen LogP contribution in [-0.4, -0.2) is 102 Å². The molecular formula is C31H34F3N5O7. The Hall–Kier alpha value is -4.42. The number of amides is 2. The van der Waals surface area contributed by atoms with Crippen molar-refractivity contribution in [1.82, 2.24) is 20.4 Å². The van der Waals surface area contributed by atoms with Gasteiger partial charge in [0.1, 0.15) is 12.1 Å². The van der Waals surface area contributed by atoms with Gasteiger partial charge in [0.05, 0.1) is 32.4 Å². The summed E-state index contributed by atoms with van der Waals surface area (Å²) in [7, 11) is 4.50. The Morgan fingerprint density at radius 1 is 1.15 bits per heavy atom.